The molecule has 0 heterocycles. The third-order valence-corrected chi connectivity index (χ3v) is 4.94. The molecule has 0 N–H and O–H groups in total. The van der Waals surface area contributed by atoms with Gasteiger partial charge in [0.1, 0.15) is 0 Å². The minimum Gasteiger partial charge on any atom is -0.469 e. The summed E-state index contributed by atoms with van der Waals surface area (Å²) in [6.07, 6.45) is 4.84. The topological polar surface area (TPSA) is 43.4 Å². The van der Waals surface area contributed by atoms with Crippen LogP contribution in [0.5, 0.6) is 0 Å². The maximum atomic E-state index is 12.0. The summed E-state index contributed by atoms with van der Waals surface area (Å²) in [7, 11) is 0.448. The molecule has 0 radical (unpaired) electrons. The molecule has 0 amide bonds. The Kier molecular flexibility index (Phi) is 9.41. The highest BCUT2D eigenvalue weighted by atomic mass is 32.2. The highest BCUT2D eigenvalue weighted by Crippen LogP contribution is 2.16. The molecule has 3 unspecified atom stereocenters. The van der Waals surface area contributed by atoms with Gasteiger partial charge in [0.25, 0.3) is 0 Å². The van der Waals surface area contributed by atoms with Crippen molar-refractivity contribution in [1.82, 2.24) is 0 Å². The van der Waals surface area contributed by atoms with E-state index in [0.717, 1.165) is 12.8 Å². The lowest BCUT2D eigenvalue weighted by atomic mass is 10.0. The van der Waals surface area contributed by atoms with Crippen LogP contribution in [0.4, 0.5) is 0 Å². The number of hydrogen-bond acceptors (Lipinski definition) is 3. The summed E-state index contributed by atoms with van der Waals surface area (Å²) in [6.45, 7) is 6.17. The van der Waals surface area contributed by atoms with Crippen molar-refractivity contribution in [3.8, 4) is 0 Å². The largest absolute Gasteiger partial charge is 0.469 e. The van der Waals surface area contributed by atoms with Crippen LogP contribution in [-0.4, -0.2) is 28.3 Å². The zero-order valence-electron chi connectivity index (χ0n) is 11.5. The fourth-order valence-electron chi connectivity index (χ4n) is 1.71. The van der Waals surface area contributed by atoms with Gasteiger partial charge in [-0.15, -0.1) is 0 Å². The van der Waals surface area contributed by atoms with Crippen LogP contribution in [0.15, 0.2) is 0 Å². The van der Waals surface area contributed by atoms with E-state index in [1.807, 2.05) is 6.92 Å². The third-order valence-electron chi connectivity index (χ3n) is 3.07. The van der Waals surface area contributed by atoms with Gasteiger partial charge in [-0.25, -0.2) is 0 Å². The van der Waals surface area contributed by atoms with Crippen LogP contribution in [0, 0.1) is 5.92 Å². The average molecular weight is 262 g/mol. The maximum Gasteiger partial charge on any atom is 0.306 e. The Morgan fingerprint density at radius 3 is 2.47 bits per heavy atom. The third kappa shape index (κ3) is 7.53. The zero-order chi connectivity index (χ0) is 13.3. The molecule has 0 spiro atoms. The Morgan fingerprint density at radius 1 is 1.35 bits per heavy atom. The maximum absolute atomic E-state index is 12.0. The SMILES string of the molecule is CCCCC(CC)CS(=O)C(C)CC(=O)OC. The number of ether oxygens (including phenoxy) is 1. The van der Waals surface area contributed by atoms with Gasteiger partial charge in [-0.05, 0) is 12.3 Å². The van der Waals surface area contributed by atoms with Crippen LogP contribution in [0.1, 0.15) is 52.9 Å². The zero-order valence-corrected chi connectivity index (χ0v) is 12.3. The molecule has 0 aromatic heterocycles. The molecule has 0 aromatic rings. The van der Waals surface area contributed by atoms with Crippen molar-refractivity contribution in [2.45, 2.75) is 58.1 Å². The van der Waals surface area contributed by atoms with Crippen LogP contribution in [0.2, 0.25) is 0 Å². The highest BCUT2D eigenvalue weighted by Gasteiger charge is 2.19. The van der Waals surface area contributed by atoms with Crippen LogP contribution in [0.3, 0.4) is 0 Å². The van der Waals surface area contributed by atoms with Gasteiger partial charge in [0.2, 0.25) is 0 Å². The molecule has 3 atom stereocenters. The predicted octanol–water partition coefficient (Wildman–Crippen LogP) is 2.90. The Hall–Kier alpha value is -0.380. The fourth-order valence-corrected chi connectivity index (χ4v) is 3.22. The lowest BCUT2D eigenvalue weighted by molar-refractivity contribution is -0.140. The average Bonchev–Trinajstić information content (AvgIpc) is 2.33. The van der Waals surface area contributed by atoms with E-state index >= 15 is 0 Å². The Labute approximate surface area is 108 Å². The summed E-state index contributed by atoms with van der Waals surface area (Å²) >= 11 is 0. The Balaban J connectivity index is 4.07. The molecule has 0 aliphatic rings. The van der Waals surface area contributed by atoms with Crippen LogP contribution < -0.4 is 0 Å². The van der Waals surface area contributed by atoms with Crippen molar-refractivity contribution >= 4 is 16.8 Å². The minimum absolute atomic E-state index is 0.0990. The van der Waals surface area contributed by atoms with Crippen molar-refractivity contribution < 1.29 is 13.7 Å². The minimum atomic E-state index is -0.921. The van der Waals surface area contributed by atoms with Crippen LogP contribution >= 0.6 is 0 Å². The number of unbranched alkanes of at least 4 members (excludes halogenated alkanes) is 1. The van der Waals surface area contributed by atoms with Crippen LogP contribution in [-0.2, 0) is 20.3 Å². The van der Waals surface area contributed by atoms with E-state index in [1.165, 1.54) is 20.0 Å². The second kappa shape index (κ2) is 9.63. The molecule has 0 aliphatic carbocycles. The summed E-state index contributed by atoms with van der Waals surface area (Å²) in [5.74, 6) is 0.970. The van der Waals surface area contributed by atoms with E-state index in [9.17, 15) is 9.00 Å². The number of esters is 1. The molecule has 0 rings (SSSR count). The van der Waals surface area contributed by atoms with Crippen molar-refractivity contribution in [1.29, 1.82) is 0 Å². The van der Waals surface area contributed by atoms with E-state index in [1.54, 1.807) is 0 Å². The van der Waals surface area contributed by atoms with Gasteiger partial charge in [-0.2, -0.15) is 0 Å². The summed E-state index contributed by atoms with van der Waals surface area (Å²) in [4.78, 5) is 11.1. The molecule has 0 saturated heterocycles. The Morgan fingerprint density at radius 2 is 2.00 bits per heavy atom. The molecule has 0 saturated carbocycles. The normalized spacial score (nSPS) is 16.2. The molecule has 0 fully saturated rings. The number of carbonyl (C=O) groups is 1. The highest BCUT2D eigenvalue weighted by molar-refractivity contribution is 7.85. The fraction of sp³-hybridized carbons (Fsp3) is 0.923. The number of rotatable bonds is 9. The first-order chi connectivity index (χ1) is 8.04. The standard InChI is InChI=1S/C13H26O3S/c1-5-7-8-12(6-2)10-17(15)11(3)9-13(14)16-4/h11-12H,5-10H2,1-4H3. The first-order valence-electron chi connectivity index (χ1n) is 6.49. The predicted molar refractivity (Wildman–Crippen MR) is 72.4 cm³/mol. The molecule has 17 heavy (non-hydrogen) atoms. The number of methoxy groups -OCH3 is 1. The van der Waals surface area contributed by atoms with Gasteiger partial charge in [0, 0.05) is 21.8 Å². The Bertz CT molecular complexity index is 241. The second-order valence-corrected chi connectivity index (χ2v) is 6.45. The quantitative estimate of drug-likeness (QED) is 0.600. The van der Waals surface area contributed by atoms with Gasteiger partial charge in [-0.3, -0.25) is 9.00 Å². The number of carbonyl (C=O) groups excluding carboxylic acids is 1. The van der Waals surface area contributed by atoms with E-state index in [0.29, 0.717) is 11.7 Å². The molecule has 102 valence electrons. The van der Waals surface area contributed by atoms with Gasteiger partial charge in [-0.1, -0.05) is 40.0 Å². The summed E-state index contributed by atoms with van der Waals surface area (Å²) in [5, 5.41) is -0.0990. The van der Waals surface area contributed by atoms with Gasteiger partial charge in [0.05, 0.1) is 13.5 Å². The summed E-state index contributed by atoms with van der Waals surface area (Å²) in [5.41, 5.74) is 0. The molecule has 3 nitrogen and oxygen atoms in total. The van der Waals surface area contributed by atoms with E-state index in [2.05, 4.69) is 18.6 Å². The smallest absolute Gasteiger partial charge is 0.306 e. The summed E-state index contributed by atoms with van der Waals surface area (Å²) in [6, 6.07) is 0. The first kappa shape index (κ1) is 16.6. The van der Waals surface area contributed by atoms with Crippen molar-refractivity contribution in [2.24, 2.45) is 5.92 Å². The van der Waals surface area contributed by atoms with Crippen LogP contribution in [0.25, 0.3) is 0 Å². The van der Waals surface area contributed by atoms with Crippen molar-refractivity contribution in [3.63, 3.8) is 0 Å². The number of hydrogen-bond donors (Lipinski definition) is 0. The van der Waals surface area contributed by atoms with Gasteiger partial charge in [0.15, 0.2) is 0 Å². The lowest BCUT2D eigenvalue weighted by Crippen LogP contribution is -2.22. The molecule has 0 bridgehead atoms. The molecular weight excluding hydrogens is 236 g/mol. The van der Waals surface area contributed by atoms with E-state index in [4.69, 9.17) is 0 Å². The van der Waals surface area contributed by atoms with E-state index in [-0.39, 0.29) is 17.6 Å². The monoisotopic (exact) mass is 262 g/mol. The van der Waals surface area contributed by atoms with E-state index < -0.39 is 10.8 Å². The molecule has 4 heteroatoms. The first-order valence-corrected chi connectivity index (χ1v) is 7.87. The summed E-state index contributed by atoms with van der Waals surface area (Å²) < 4.78 is 16.6. The van der Waals surface area contributed by atoms with Gasteiger partial charge < -0.3 is 4.74 Å². The lowest BCUT2D eigenvalue weighted by Gasteiger charge is -2.17. The van der Waals surface area contributed by atoms with Crippen molar-refractivity contribution in [3.05, 3.63) is 0 Å². The van der Waals surface area contributed by atoms with Crippen molar-refractivity contribution in [2.75, 3.05) is 12.9 Å². The van der Waals surface area contributed by atoms with Gasteiger partial charge >= 0.3 is 5.97 Å². The molecule has 0 aromatic carbocycles. The second-order valence-electron chi connectivity index (χ2n) is 4.55. The molecular formula is C13H26O3S. The molecule has 0 aliphatic heterocycles.